The quantitative estimate of drug-likeness (QED) is 0.219. The molecule has 0 fully saturated rings. The molecule has 0 unspecified atom stereocenters. The van der Waals surface area contributed by atoms with Crippen molar-refractivity contribution >= 4 is 61.9 Å². The van der Waals surface area contributed by atoms with E-state index >= 15 is 0 Å². The lowest BCUT2D eigenvalue weighted by Crippen LogP contribution is -2.22. The lowest BCUT2D eigenvalue weighted by Gasteiger charge is -2.10. The van der Waals surface area contributed by atoms with Crippen LogP contribution in [0, 0.1) is 6.92 Å². The van der Waals surface area contributed by atoms with Crippen molar-refractivity contribution in [2.24, 2.45) is 5.10 Å². The van der Waals surface area contributed by atoms with Crippen LogP contribution in [0.1, 0.15) is 23.7 Å². The maximum atomic E-state index is 12.1. The molecule has 0 aliphatic carbocycles. The Morgan fingerprint density at radius 3 is 2.72 bits per heavy atom. The molecule has 1 amide bonds. The number of amides is 1. The summed E-state index contributed by atoms with van der Waals surface area (Å²) in [5, 5.41) is 8.22. The van der Waals surface area contributed by atoms with Crippen molar-refractivity contribution < 1.29 is 4.79 Å². The third kappa shape index (κ3) is 4.90. The van der Waals surface area contributed by atoms with Crippen molar-refractivity contribution in [1.29, 1.82) is 0 Å². The summed E-state index contributed by atoms with van der Waals surface area (Å²) < 4.78 is 2.20. The van der Waals surface area contributed by atoms with Crippen LogP contribution in [-0.2, 0) is 10.5 Å². The maximum Gasteiger partial charge on any atom is 0.246 e. The average Bonchev–Trinajstić information content (AvgIpc) is 3.34. The van der Waals surface area contributed by atoms with Crippen LogP contribution in [0.3, 0.4) is 0 Å². The van der Waals surface area contributed by atoms with Gasteiger partial charge in [0.25, 0.3) is 0 Å². The van der Waals surface area contributed by atoms with Gasteiger partial charge < -0.3 is 0 Å². The van der Waals surface area contributed by atoms with Gasteiger partial charge in [-0.2, -0.15) is 10.1 Å². The average molecular weight is 439 g/mol. The fourth-order valence-electron chi connectivity index (χ4n) is 2.55. The molecule has 0 saturated heterocycles. The van der Waals surface area contributed by atoms with Crippen molar-refractivity contribution in [3.05, 3.63) is 70.7 Å². The van der Waals surface area contributed by atoms with Crippen molar-refractivity contribution in [2.75, 3.05) is 5.01 Å². The van der Waals surface area contributed by atoms with Crippen molar-refractivity contribution in [2.45, 2.75) is 23.9 Å². The lowest BCUT2D eigenvalue weighted by molar-refractivity contribution is -0.116. The fourth-order valence-corrected chi connectivity index (χ4v) is 5.44. The highest BCUT2D eigenvalue weighted by Gasteiger charge is 2.15. The summed E-state index contributed by atoms with van der Waals surface area (Å²) in [5.74, 6) is 0.525. The molecule has 0 radical (unpaired) electrons. The predicted octanol–water partition coefficient (Wildman–Crippen LogP) is 5.74. The molecule has 5 nitrogen and oxygen atoms in total. The fraction of sp³-hybridized carbons (Fsp3) is 0.143. The zero-order chi connectivity index (χ0) is 20.2. The minimum absolute atomic E-state index is 0.173. The highest BCUT2D eigenvalue weighted by Crippen LogP contribution is 2.32. The number of aromatic nitrogens is 2. The van der Waals surface area contributed by atoms with Crippen LogP contribution in [0.25, 0.3) is 10.2 Å². The summed E-state index contributed by atoms with van der Waals surface area (Å²) in [6.07, 6.45) is 1.68. The second kappa shape index (κ2) is 8.86. The number of para-hydroxylation sites is 1. The summed E-state index contributed by atoms with van der Waals surface area (Å²) in [4.78, 5) is 21.3. The van der Waals surface area contributed by atoms with Gasteiger partial charge in [0.05, 0.1) is 22.1 Å². The van der Waals surface area contributed by atoms with Crippen LogP contribution in [0.15, 0.2) is 63.4 Å². The topological polar surface area (TPSA) is 58.5 Å². The van der Waals surface area contributed by atoms with E-state index in [1.165, 1.54) is 33.5 Å². The zero-order valence-corrected chi connectivity index (χ0v) is 18.4. The molecule has 0 saturated carbocycles. The highest BCUT2D eigenvalue weighted by atomic mass is 32.2. The number of carbonyl (C=O) groups is 1. The summed E-state index contributed by atoms with van der Waals surface area (Å²) in [5.41, 5.74) is 4.05. The molecule has 0 aliphatic rings. The molecule has 4 rings (SSSR count). The molecule has 29 heavy (non-hydrogen) atoms. The molecular weight excluding hydrogens is 420 g/mol. The molecular formula is C21H18N4OS3. The molecule has 0 atom stereocenters. The Bertz CT molecular complexity index is 1130. The number of hydrogen-bond donors (Lipinski definition) is 0. The molecule has 0 spiro atoms. The van der Waals surface area contributed by atoms with E-state index in [-0.39, 0.29) is 5.91 Å². The van der Waals surface area contributed by atoms with Crippen LogP contribution >= 0.6 is 34.4 Å². The predicted molar refractivity (Wildman–Crippen MR) is 123 cm³/mol. The molecule has 0 bridgehead atoms. The molecule has 2 aromatic heterocycles. The highest BCUT2D eigenvalue weighted by molar-refractivity contribution is 8.00. The van der Waals surface area contributed by atoms with Crippen LogP contribution in [0.5, 0.6) is 0 Å². The number of carbonyl (C=O) groups excluding carboxylic acids is 1. The summed E-state index contributed by atoms with van der Waals surface area (Å²) >= 11 is 4.75. The van der Waals surface area contributed by atoms with Gasteiger partial charge in [-0.3, -0.25) is 4.79 Å². The molecule has 0 N–H and O–H groups in total. The van der Waals surface area contributed by atoms with Crippen molar-refractivity contribution in [1.82, 2.24) is 9.97 Å². The van der Waals surface area contributed by atoms with E-state index in [1.54, 1.807) is 29.3 Å². The number of anilines is 1. The van der Waals surface area contributed by atoms with E-state index in [1.807, 2.05) is 54.8 Å². The number of fused-ring (bicyclic) bond motifs is 1. The molecule has 146 valence electrons. The molecule has 2 heterocycles. The zero-order valence-electron chi connectivity index (χ0n) is 15.9. The molecule has 2 aromatic carbocycles. The lowest BCUT2D eigenvalue weighted by atomic mass is 10.2. The first-order chi connectivity index (χ1) is 14.1. The Hall–Kier alpha value is -2.55. The third-order valence-electron chi connectivity index (χ3n) is 4.04. The van der Waals surface area contributed by atoms with E-state index < -0.39 is 0 Å². The van der Waals surface area contributed by atoms with Gasteiger partial charge in [-0.05, 0) is 24.6 Å². The Morgan fingerprint density at radius 2 is 1.97 bits per heavy atom. The van der Waals surface area contributed by atoms with Crippen LogP contribution in [0.2, 0.25) is 0 Å². The minimum Gasteiger partial charge on any atom is -0.273 e. The van der Waals surface area contributed by atoms with Gasteiger partial charge in [-0.15, -0.1) is 22.7 Å². The Morgan fingerprint density at radius 1 is 1.17 bits per heavy atom. The second-order valence-corrected chi connectivity index (χ2v) is 9.43. The van der Waals surface area contributed by atoms with Crippen LogP contribution < -0.4 is 5.01 Å². The van der Waals surface area contributed by atoms with E-state index in [2.05, 4.69) is 21.1 Å². The SMILES string of the molecule is CC(=O)N(/N=C\c1ccc(C)cc1)c1nc(CSc2nc3ccccc3s2)cs1. The Labute approximate surface area is 181 Å². The van der Waals surface area contributed by atoms with Gasteiger partial charge >= 0.3 is 0 Å². The number of hydrogen-bond acceptors (Lipinski definition) is 7. The number of thiazole rings is 2. The first kappa shape index (κ1) is 19.8. The standard InChI is InChI=1S/C21H18N4OS3/c1-14-7-9-16(10-8-14)11-22-25(15(2)26)20-23-17(12-27-20)13-28-21-24-18-5-3-4-6-19(18)29-21/h3-12H,13H2,1-2H3/b22-11-. The largest absolute Gasteiger partial charge is 0.273 e. The number of nitrogens with zero attached hydrogens (tertiary/aromatic N) is 4. The van der Waals surface area contributed by atoms with E-state index in [0.29, 0.717) is 10.9 Å². The number of aryl methyl sites for hydroxylation is 1. The van der Waals surface area contributed by atoms with Crippen molar-refractivity contribution in [3.8, 4) is 0 Å². The van der Waals surface area contributed by atoms with Gasteiger partial charge in [0.1, 0.15) is 0 Å². The molecule has 4 aromatic rings. The molecule has 8 heteroatoms. The second-order valence-electron chi connectivity index (χ2n) is 6.34. The first-order valence-corrected chi connectivity index (χ1v) is 11.6. The minimum atomic E-state index is -0.173. The van der Waals surface area contributed by atoms with Gasteiger partial charge in [0.2, 0.25) is 11.0 Å². The Kier molecular flexibility index (Phi) is 6.03. The first-order valence-electron chi connectivity index (χ1n) is 8.92. The number of rotatable bonds is 6. The number of hydrazone groups is 1. The smallest absolute Gasteiger partial charge is 0.246 e. The summed E-state index contributed by atoms with van der Waals surface area (Å²) in [6.45, 7) is 3.52. The summed E-state index contributed by atoms with van der Waals surface area (Å²) in [6, 6.07) is 16.1. The van der Waals surface area contributed by atoms with Crippen LogP contribution in [-0.4, -0.2) is 22.1 Å². The third-order valence-corrected chi connectivity index (χ3v) is 7.11. The maximum absolute atomic E-state index is 12.1. The number of thioether (sulfide) groups is 1. The number of benzene rings is 2. The van der Waals surface area contributed by atoms with Crippen LogP contribution in [0.4, 0.5) is 5.13 Å². The van der Waals surface area contributed by atoms with E-state index in [9.17, 15) is 4.79 Å². The monoisotopic (exact) mass is 438 g/mol. The van der Waals surface area contributed by atoms with Crippen molar-refractivity contribution in [3.63, 3.8) is 0 Å². The van der Waals surface area contributed by atoms with E-state index in [0.717, 1.165) is 21.1 Å². The van der Waals surface area contributed by atoms with Gasteiger partial charge in [0, 0.05) is 18.1 Å². The van der Waals surface area contributed by atoms with Gasteiger partial charge in [-0.25, -0.2) is 9.97 Å². The normalized spacial score (nSPS) is 11.4. The van der Waals surface area contributed by atoms with E-state index in [4.69, 9.17) is 0 Å². The summed E-state index contributed by atoms with van der Waals surface area (Å²) in [7, 11) is 0. The van der Waals surface area contributed by atoms with Gasteiger partial charge in [0.15, 0.2) is 4.34 Å². The Balaban J connectivity index is 1.45. The molecule has 0 aliphatic heterocycles. The van der Waals surface area contributed by atoms with Gasteiger partial charge in [-0.1, -0.05) is 53.7 Å².